The van der Waals surface area contributed by atoms with E-state index < -0.39 is 0 Å². The zero-order chi connectivity index (χ0) is 15.0. The number of alkyl halides is 1. The molecule has 114 valence electrons. The molecule has 1 fully saturated rings. The van der Waals surface area contributed by atoms with Gasteiger partial charge in [0.25, 0.3) is 0 Å². The maximum atomic E-state index is 6.43. The maximum Gasteiger partial charge on any atom is 0.147 e. The van der Waals surface area contributed by atoms with E-state index in [0.717, 1.165) is 22.6 Å². The summed E-state index contributed by atoms with van der Waals surface area (Å²) < 4.78 is 8.11. The number of benzene rings is 1. The minimum atomic E-state index is -0.107. The van der Waals surface area contributed by atoms with Crippen molar-refractivity contribution in [3.63, 3.8) is 0 Å². The van der Waals surface area contributed by atoms with E-state index in [4.69, 9.17) is 21.3 Å². The number of para-hydroxylation sites is 1. The fraction of sp³-hybridized carbons (Fsp3) is 0.588. The van der Waals surface area contributed by atoms with E-state index in [2.05, 4.69) is 17.6 Å². The summed E-state index contributed by atoms with van der Waals surface area (Å²) in [5.41, 5.74) is 2.21. The smallest absolute Gasteiger partial charge is 0.147 e. The van der Waals surface area contributed by atoms with Crippen LogP contribution in [0.1, 0.15) is 57.7 Å². The summed E-state index contributed by atoms with van der Waals surface area (Å²) in [6, 6.07) is 6.17. The number of nitrogens with zero attached hydrogens (tertiary/aromatic N) is 2. The largest absolute Gasteiger partial charge is 0.492 e. The van der Waals surface area contributed by atoms with E-state index >= 15 is 0 Å². The predicted molar refractivity (Wildman–Crippen MR) is 87.3 cm³/mol. The molecule has 21 heavy (non-hydrogen) atoms. The molecule has 0 amide bonds. The molecule has 3 rings (SSSR count). The fourth-order valence-corrected chi connectivity index (χ4v) is 3.70. The van der Waals surface area contributed by atoms with E-state index in [9.17, 15) is 0 Å². The molecule has 0 N–H and O–H groups in total. The van der Waals surface area contributed by atoms with Gasteiger partial charge in [0, 0.05) is 5.54 Å². The lowest BCUT2D eigenvalue weighted by molar-refractivity contribution is 0.328. The zero-order valence-electron chi connectivity index (χ0n) is 13.0. The van der Waals surface area contributed by atoms with E-state index in [1.54, 1.807) is 0 Å². The van der Waals surface area contributed by atoms with Gasteiger partial charge in [0.2, 0.25) is 0 Å². The van der Waals surface area contributed by atoms with E-state index in [1.165, 1.54) is 25.7 Å². The Morgan fingerprint density at radius 1 is 1.38 bits per heavy atom. The highest BCUT2D eigenvalue weighted by atomic mass is 35.5. The molecule has 1 heterocycles. The summed E-state index contributed by atoms with van der Waals surface area (Å²) in [6.07, 6.45) is 4.93. The summed E-state index contributed by atoms with van der Waals surface area (Å²) in [6.45, 7) is 6.98. The molecule has 1 aromatic heterocycles. The average Bonchev–Trinajstić information content (AvgIpc) is 3.04. The Labute approximate surface area is 131 Å². The molecule has 0 radical (unpaired) electrons. The molecule has 1 aliphatic carbocycles. The Bertz CT molecular complexity index is 642. The molecule has 0 bridgehead atoms. The van der Waals surface area contributed by atoms with Gasteiger partial charge in [-0.15, -0.1) is 11.6 Å². The van der Waals surface area contributed by atoms with Crippen molar-refractivity contribution in [1.29, 1.82) is 0 Å². The van der Waals surface area contributed by atoms with Crippen molar-refractivity contribution in [2.24, 2.45) is 0 Å². The molecule has 0 aliphatic heterocycles. The van der Waals surface area contributed by atoms with Crippen LogP contribution in [0.25, 0.3) is 11.0 Å². The highest BCUT2D eigenvalue weighted by Gasteiger charge is 2.35. The van der Waals surface area contributed by atoms with Crippen molar-refractivity contribution in [3.8, 4) is 5.75 Å². The van der Waals surface area contributed by atoms with Crippen molar-refractivity contribution < 1.29 is 4.74 Å². The standard InChI is InChI=1S/C17H23ClN2O/c1-4-21-14-9-7-8-13-15(14)19-16(12(2)18)20(13)17(3)10-5-6-11-17/h7-9,12H,4-6,10-11H2,1-3H3. The van der Waals surface area contributed by atoms with E-state index in [-0.39, 0.29) is 10.9 Å². The van der Waals surface area contributed by atoms with Crippen LogP contribution in [0.15, 0.2) is 18.2 Å². The van der Waals surface area contributed by atoms with Crippen LogP contribution in [0.5, 0.6) is 5.75 Å². The summed E-state index contributed by atoms with van der Waals surface area (Å²) in [5, 5.41) is -0.107. The molecule has 1 saturated carbocycles. The minimum absolute atomic E-state index is 0.107. The molecule has 0 saturated heterocycles. The molecule has 4 heteroatoms. The Balaban J connectivity index is 2.25. The van der Waals surface area contributed by atoms with Crippen LogP contribution in [0.3, 0.4) is 0 Å². The topological polar surface area (TPSA) is 27.1 Å². The number of ether oxygens (including phenoxy) is 1. The lowest BCUT2D eigenvalue weighted by Gasteiger charge is -2.29. The first-order valence-corrected chi connectivity index (χ1v) is 8.29. The van der Waals surface area contributed by atoms with Crippen molar-refractivity contribution in [2.75, 3.05) is 6.61 Å². The SMILES string of the molecule is CCOc1cccc2c1nc(C(C)Cl)n2C1(C)CCCC1. The van der Waals surface area contributed by atoms with Gasteiger partial charge in [0.1, 0.15) is 17.1 Å². The van der Waals surface area contributed by atoms with Gasteiger partial charge in [-0.25, -0.2) is 4.98 Å². The zero-order valence-corrected chi connectivity index (χ0v) is 13.8. The Morgan fingerprint density at radius 2 is 2.10 bits per heavy atom. The van der Waals surface area contributed by atoms with Crippen molar-refractivity contribution in [1.82, 2.24) is 9.55 Å². The van der Waals surface area contributed by atoms with Crippen LogP contribution in [-0.4, -0.2) is 16.2 Å². The first-order chi connectivity index (χ1) is 10.1. The third-order valence-corrected chi connectivity index (χ3v) is 4.75. The number of aromatic nitrogens is 2. The normalized spacial score (nSPS) is 19.0. The van der Waals surface area contributed by atoms with Gasteiger partial charge in [-0.05, 0) is 45.7 Å². The number of rotatable bonds is 4. The predicted octanol–water partition coefficient (Wildman–Crippen LogP) is 5.02. The molecule has 1 aromatic carbocycles. The first-order valence-electron chi connectivity index (χ1n) is 7.85. The Kier molecular flexibility index (Phi) is 3.87. The summed E-state index contributed by atoms with van der Waals surface area (Å²) in [7, 11) is 0. The van der Waals surface area contributed by atoms with Crippen molar-refractivity contribution in [2.45, 2.75) is 57.4 Å². The molecule has 1 atom stereocenters. The third-order valence-electron chi connectivity index (χ3n) is 4.55. The molecule has 3 nitrogen and oxygen atoms in total. The Hall–Kier alpha value is -1.22. The lowest BCUT2D eigenvalue weighted by Crippen LogP contribution is -2.28. The van der Waals surface area contributed by atoms with Crippen LogP contribution in [0.2, 0.25) is 0 Å². The van der Waals surface area contributed by atoms with E-state index in [0.29, 0.717) is 6.61 Å². The molecule has 2 aromatic rings. The molecule has 0 spiro atoms. The van der Waals surface area contributed by atoms with Crippen LogP contribution in [0, 0.1) is 0 Å². The lowest BCUT2D eigenvalue weighted by atomic mass is 9.99. The van der Waals surface area contributed by atoms with Gasteiger partial charge in [-0.1, -0.05) is 18.9 Å². The maximum absolute atomic E-state index is 6.43. The van der Waals surface area contributed by atoms with Crippen LogP contribution in [0.4, 0.5) is 0 Å². The molecular weight excluding hydrogens is 284 g/mol. The monoisotopic (exact) mass is 306 g/mol. The number of halogens is 1. The van der Waals surface area contributed by atoms with Gasteiger partial charge < -0.3 is 9.30 Å². The molecule has 1 unspecified atom stereocenters. The van der Waals surface area contributed by atoms with Crippen LogP contribution < -0.4 is 4.74 Å². The quantitative estimate of drug-likeness (QED) is 0.741. The second-order valence-corrected chi connectivity index (χ2v) is 6.84. The van der Waals surface area contributed by atoms with E-state index in [1.807, 2.05) is 26.0 Å². The highest BCUT2D eigenvalue weighted by molar-refractivity contribution is 6.20. The first kappa shape index (κ1) is 14.7. The van der Waals surface area contributed by atoms with Gasteiger partial charge in [-0.3, -0.25) is 0 Å². The fourth-order valence-electron chi connectivity index (χ4n) is 3.56. The van der Waals surface area contributed by atoms with Crippen LogP contribution >= 0.6 is 11.6 Å². The Morgan fingerprint density at radius 3 is 2.71 bits per heavy atom. The summed E-state index contributed by atoms with van der Waals surface area (Å²) >= 11 is 6.43. The van der Waals surface area contributed by atoms with Gasteiger partial charge in [0.05, 0.1) is 17.5 Å². The summed E-state index contributed by atoms with van der Waals surface area (Å²) in [4.78, 5) is 4.83. The van der Waals surface area contributed by atoms with Crippen molar-refractivity contribution >= 4 is 22.6 Å². The van der Waals surface area contributed by atoms with Gasteiger partial charge >= 0.3 is 0 Å². The number of hydrogen-bond donors (Lipinski definition) is 0. The highest BCUT2D eigenvalue weighted by Crippen LogP contribution is 2.42. The second kappa shape index (κ2) is 5.53. The molecule has 1 aliphatic rings. The minimum Gasteiger partial charge on any atom is -0.492 e. The number of hydrogen-bond acceptors (Lipinski definition) is 2. The summed E-state index contributed by atoms with van der Waals surface area (Å²) in [5.74, 6) is 1.82. The number of imidazole rings is 1. The van der Waals surface area contributed by atoms with Gasteiger partial charge in [0.15, 0.2) is 0 Å². The number of fused-ring (bicyclic) bond motifs is 1. The average molecular weight is 307 g/mol. The molecular formula is C17H23ClN2O. The van der Waals surface area contributed by atoms with Crippen molar-refractivity contribution in [3.05, 3.63) is 24.0 Å². The third kappa shape index (κ3) is 2.42. The second-order valence-electron chi connectivity index (χ2n) is 6.18. The van der Waals surface area contributed by atoms with Gasteiger partial charge in [-0.2, -0.15) is 0 Å². The van der Waals surface area contributed by atoms with Crippen LogP contribution in [-0.2, 0) is 5.54 Å².